The summed E-state index contributed by atoms with van der Waals surface area (Å²) < 4.78 is 21.9. The lowest BCUT2D eigenvalue weighted by molar-refractivity contribution is 0.0500. The van der Waals surface area contributed by atoms with Crippen LogP contribution in [-0.4, -0.2) is 44.8 Å². The number of anilines is 1. The van der Waals surface area contributed by atoms with Gasteiger partial charge in [-0.15, -0.1) is 0 Å². The quantitative estimate of drug-likeness (QED) is 0.383. The molecule has 2 aromatic carbocycles. The van der Waals surface area contributed by atoms with E-state index in [4.69, 9.17) is 18.9 Å². The van der Waals surface area contributed by atoms with E-state index in [0.29, 0.717) is 45.6 Å². The Bertz CT molecular complexity index is 1070. The van der Waals surface area contributed by atoms with Crippen molar-refractivity contribution in [1.29, 1.82) is 0 Å². The van der Waals surface area contributed by atoms with E-state index in [9.17, 15) is 9.59 Å². The Balaban J connectivity index is 1.80. The van der Waals surface area contributed by atoms with Crippen LogP contribution in [0.3, 0.4) is 0 Å². The van der Waals surface area contributed by atoms with Crippen LogP contribution in [0.4, 0.5) is 5.13 Å². The molecule has 1 amide bonds. The van der Waals surface area contributed by atoms with Crippen molar-refractivity contribution in [2.24, 2.45) is 0 Å². The number of fused-ring (bicyclic) bond motifs is 1. The van der Waals surface area contributed by atoms with Gasteiger partial charge in [0.1, 0.15) is 0 Å². The van der Waals surface area contributed by atoms with Gasteiger partial charge in [0, 0.05) is 5.56 Å². The van der Waals surface area contributed by atoms with Crippen molar-refractivity contribution in [1.82, 2.24) is 4.98 Å². The van der Waals surface area contributed by atoms with Crippen molar-refractivity contribution in [2.75, 3.05) is 33.3 Å². The number of benzene rings is 2. The second kappa shape index (κ2) is 10.1. The van der Waals surface area contributed by atoms with Crippen LogP contribution in [0, 0.1) is 0 Å². The third-order valence-corrected chi connectivity index (χ3v) is 5.44. The zero-order valence-electron chi connectivity index (χ0n) is 17.8. The van der Waals surface area contributed by atoms with Gasteiger partial charge >= 0.3 is 5.97 Å². The number of thiazole rings is 1. The summed E-state index contributed by atoms with van der Waals surface area (Å²) >= 11 is 1.27. The lowest BCUT2D eigenvalue weighted by atomic mass is 10.1. The number of hydrogen-bond donors (Lipinski definition) is 1. The monoisotopic (exact) mass is 444 g/mol. The second-order valence-electron chi connectivity index (χ2n) is 6.56. The molecule has 3 rings (SSSR count). The van der Waals surface area contributed by atoms with Gasteiger partial charge in [-0.25, -0.2) is 9.78 Å². The molecule has 1 aromatic heterocycles. The Morgan fingerprint density at radius 1 is 1.00 bits per heavy atom. The minimum Gasteiger partial charge on any atom is -0.493 e. The average molecular weight is 445 g/mol. The number of ether oxygens (including phenoxy) is 4. The van der Waals surface area contributed by atoms with Crippen molar-refractivity contribution < 1.29 is 28.5 Å². The van der Waals surface area contributed by atoms with Gasteiger partial charge in [-0.1, -0.05) is 24.7 Å². The van der Waals surface area contributed by atoms with Gasteiger partial charge in [0.25, 0.3) is 5.91 Å². The molecule has 31 heavy (non-hydrogen) atoms. The molecule has 0 saturated carbocycles. The van der Waals surface area contributed by atoms with Crippen molar-refractivity contribution in [3.63, 3.8) is 0 Å². The molecule has 1 N–H and O–H groups in total. The van der Waals surface area contributed by atoms with E-state index in [-0.39, 0.29) is 11.9 Å². The summed E-state index contributed by atoms with van der Waals surface area (Å²) in [5.41, 5.74) is 1.46. The zero-order chi connectivity index (χ0) is 22.4. The number of carbonyl (C=O) groups is 2. The van der Waals surface area contributed by atoms with E-state index >= 15 is 0 Å². The molecule has 3 aromatic rings. The summed E-state index contributed by atoms with van der Waals surface area (Å²) in [6.07, 6.45) is 1.78. The zero-order valence-corrected chi connectivity index (χ0v) is 18.6. The number of hydrogen-bond acceptors (Lipinski definition) is 8. The summed E-state index contributed by atoms with van der Waals surface area (Å²) in [5, 5.41) is 3.19. The molecule has 0 atom stereocenters. The lowest BCUT2D eigenvalue weighted by Gasteiger charge is -2.13. The van der Waals surface area contributed by atoms with Gasteiger partial charge < -0.3 is 18.9 Å². The minimum atomic E-state index is -0.377. The fraction of sp³-hybridized carbons (Fsp3) is 0.318. The molecule has 0 saturated heterocycles. The largest absolute Gasteiger partial charge is 0.493 e. The summed E-state index contributed by atoms with van der Waals surface area (Å²) in [6, 6.07) is 8.25. The SMILES string of the molecule is CCCCOC(=O)c1ccc2nc(NC(=O)c3cc(OC)c(OC)c(OC)c3)sc2c1. The topological polar surface area (TPSA) is 96.0 Å². The van der Waals surface area contributed by atoms with Crippen LogP contribution in [0.5, 0.6) is 17.2 Å². The first-order chi connectivity index (χ1) is 15.0. The van der Waals surface area contributed by atoms with Gasteiger partial charge in [-0.2, -0.15) is 0 Å². The van der Waals surface area contributed by atoms with E-state index in [1.807, 2.05) is 6.92 Å². The molecule has 164 valence electrons. The number of rotatable bonds is 9. The lowest BCUT2D eigenvalue weighted by Crippen LogP contribution is -2.12. The molecule has 0 radical (unpaired) electrons. The van der Waals surface area contributed by atoms with Crippen molar-refractivity contribution in [3.05, 3.63) is 41.5 Å². The van der Waals surface area contributed by atoms with Crippen LogP contribution in [0.25, 0.3) is 10.2 Å². The number of nitrogens with one attached hydrogen (secondary N) is 1. The molecule has 8 nitrogen and oxygen atoms in total. The Morgan fingerprint density at radius 2 is 1.71 bits per heavy atom. The summed E-state index contributed by atoms with van der Waals surface area (Å²) in [4.78, 5) is 29.4. The highest BCUT2D eigenvalue weighted by Gasteiger charge is 2.18. The molecule has 0 unspecified atom stereocenters. The number of amides is 1. The summed E-state index contributed by atoms with van der Waals surface area (Å²) in [5.74, 6) is 0.411. The number of methoxy groups -OCH3 is 3. The third kappa shape index (κ3) is 5.05. The standard InChI is InChI=1S/C22H24N2O6S/c1-5-6-9-30-21(26)13-7-8-15-18(12-13)31-22(23-15)24-20(25)14-10-16(27-2)19(29-4)17(11-14)28-3/h7-8,10-12H,5-6,9H2,1-4H3,(H,23,24,25). The summed E-state index contributed by atoms with van der Waals surface area (Å²) in [6.45, 7) is 2.43. The maximum Gasteiger partial charge on any atom is 0.338 e. The van der Waals surface area contributed by atoms with Crippen molar-refractivity contribution >= 4 is 38.6 Å². The average Bonchev–Trinajstić information content (AvgIpc) is 3.19. The smallest absolute Gasteiger partial charge is 0.338 e. The first-order valence-electron chi connectivity index (χ1n) is 9.69. The fourth-order valence-corrected chi connectivity index (χ4v) is 3.78. The molecule has 1 heterocycles. The van der Waals surface area contributed by atoms with Gasteiger partial charge in [0.2, 0.25) is 5.75 Å². The molecule has 0 bridgehead atoms. The Morgan fingerprint density at radius 3 is 2.32 bits per heavy atom. The van der Waals surface area contributed by atoms with Crippen LogP contribution < -0.4 is 19.5 Å². The summed E-state index contributed by atoms with van der Waals surface area (Å²) in [7, 11) is 4.46. The van der Waals surface area contributed by atoms with Crippen LogP contribution in [0.15, 0.2) is 30.3 Å². The molecule has 0 aliphatic rings. The molecule has 0 fully saturated rings. The van der Waals surface area contributed by atoms with Crippen molar-refractivity contribution in [2.45, 2.75) is 19.8 Å². The Hall–Kier alpha value is -3.33. The third-order valence-electron chi connectivity index (χ3n) is 4.50. The fourth-order valence-electron chi connectivity index (χ4n) is 2.88. The maximum absolute atomic E-state index is 12.8. The van der Waals surface area contributed by atoms with Crippen LogP contribution in [0.2, 0.25) is 0 Å². The molecule has 9 heteroatoms. The number of aromatic nitrogens is 1. The number of unbranched alkanes of at least 4 members (excludes halogenated alkanes) is 1. The van der Waals surface area contributed by atoms with E-state index < -0.39 is 0 Å². The van der Waals surface area contributed by atoms with E-state index in [1.54, 1.807) is 30.3 Å². The first kappa shape index (κ1) is 22.4. The van der Waals surface area contributed by atoms with Gasteiger partial charge in [0.15, 0.2) is 16.6 Å². The highest BCUT2D eigenvalue weighted by atomic mass is 32.1. The minimum absolute atomic E-state index is 0.328. The highest BCUT2D eigenvalue weighted by Crippen LogP contribution is 2.38. The van der Waals surface area contributed by atoms with Crippen LogP contribution in [0.1, 0.15) is 40.5 Å². The maximum atomic E-state index is 12.8. The van der Waals surface area contributed by atoms with Gasteiger partial charge in [-0.3, -0.25) is 10.1 Å². The number of nitrogens with zero attached hydrogens (tertiary/aromatic N) is 1. The van der Waals surface area contributed by atoms with Crippen LogP contribution in [-0.2, 0) is 4.74 Å². The normalized spacial score (nSPS) is 10.6. The Labute approximate surface area is 184 Å². The van der Waals surface area contributed by atoms with E-state index in [1.165, 1.54) is 32.7 Å². The molecular formula is C22H24N2O6S. The molecule has 0 spiro atoms. The molecule has 0 aliphatic heterocycles. The highest BCUT2D eigenvalue weighted by molar-refractivity contribution is 7.22. The predicted octanol–water partition coefficient (Wildman–Crippen LogP) is 4.53. The van der Waals surface area contributed by atoms with Crippen molar-refractivity contribution in [3.8, 4) is 17.2 Å². The van der Waals surface area contributed by atoms with Gasteiger partial charge in [-0.05, 0) is 36.8 Å². The number of esters is 1. The number of carbonyl (C=O) groups excluding carboxylic acids is 2. The molecular weight excluding hydrogens is 420 g/mol. The van der Waals surface area contributed by atoms with Gasteiger partial charge in [0.05, 0.1) is 43.7 Å². The second-order valence-corrected chi connectivity index (χ2v) is 7.59. The molecule has 0 aliphatic carbocycles. The van der Waals surface area contributed by atoms with Crippen LogP contribution >= 0.6 is 11.3 Å². The van der Waals surface area contributed by atoms with E-state index in [2.05, 4.69) is 10.3 Å². The first-order valence-corrected chi connectivity index (χ1v) is 10.5. The predicted molar refractivity (Wildman–Crippen MR) is 119 cm³/mol. The Kier molecular flexibility index (Phi) is 7.30. The van der Waals surface area contributed by atoms with E-state index in [0.717, 1.165) is 17.5 Å².